The molecule has 3 aromatic rings. The van der Waals surface area contributed by atoms with E-state index in [-0.39, 0.29) is 28.8 Å². The third-order valence-electron chi connectivity index (χ3n) is 4.40. The van der Waals surface area contributed by atoms with Crippen LogP contribution in [0.2, 0.25) is 0 Å². The van der Waals surface area contributed by atoms with E-state index in [2.05, 4.69) is 4.72 Å². The number of nitrogens with zero attached hydrogens (tertiary/aromatic N) is 1. The van der Waals surface area contributed by atoms with Gasteiger partial charge in [0.1, 0.15) is 0 Å². The first-order valence-electron chi connectivity index (χ1n) is 9.06. The van der Waals surface area contributed by atoms with Crippen molar-refractivity contribution in [3.8, 4) is 5.75 Å². The van der Waals surface area contributed by atoms with Crippen LogP contribution in [0.1, 0.15) is 15.9 Å². The molecular weight excluding hydrogens is 407 g/mol. The lowest BCUT2D eigenvalue weighted by Crippen LogP contribution is -2.26. The summed E-state index contributed by atoms with van der Waals surface area (Å²) in [4.78, 5) is 14.3. The van der Waals surface area contributed by atoms with Crippen LogP contribution in [0.4, 0.5) is 10.1 Å². The van der Waals surface area contributed by atoms with Gasteiger partial charge in [-0.2, -0.15) is 0 Å². The summed E-state index contributed by atoms with van der Waals surface area (Å²) in [6, 6.07) is 18.7. The van der Waals surface area contributed by atoms with Crippen molar-refractivity contribution in [2.24, 2.45) is 0 Å². The van der Waals surface area contributed by atoms with Gasteiger partial charge in [0.2, 0.25) is 0 Å². The van der Waals surface area contributed by atoms with E-state index >= 15 is 0 Å². The predicted molar refractivity (Wildman–Crippen MR) is 112 cm³/mol. The zero-order valence-electron chi connectivity index (χ0n) is 16.5. The monoisotopic (exact) mass is 428 g/mol. The number of hydrogen-bond acceptors (Lipinski definition) is 4. The Balaban J connectivity index is 1.75. The van der Waals surface area contributed by atoms with E-state index < -0.39 is 15.8 Å². The molecule has 3 rings (SSSR count). The second-order valence-electron chi connectivity index (χ2n) is 6.63. The number of halogens is 1. The molecule has 0 saturated heterocycles. The summed E-state index contributed by atoms with van der Waals surface area (Å²) in [5.74, 6) is -0.703. The molecule has 0 aliphatic carbocycles. The van der Waals surface area contributed by atoms with Crippen LogP contribution in [0, 0.1) is 5.82 Å². The highest BCUT2D eigenvalue weighted by atomic mass is 32.2. The summed E-state index contributed by atoms with van der Waals surface area (Å²) in [6.07, 6.45) is 0. The first-order chi connectivity index (χ1) is 14.3. The Morgan fingerprint density at radius 2 is 1.77 bits per heavy atom. The Labute approximate surface area is 175 Å². The molecule has 0 saturated carbocycles. The molecule has 0 radical (unpaired) electrons. The number of nitrogens with one attached hydrogen (secondary N) is 1. The largest absolute Gasteiger partial charge is 0.494 e. The lowest BCUT2D eigenvalue weighted by Gasteiger charge is -2.18. The summed E-state index contributed by atoms with van der Waals surface area (Å²) in [7, 11) is -0.794. The molecule has 0 atom stereocenters. The number of carbonyl (C=O) groups is 1. The van der Waals surface area contributed by atoms with Gasteiger partial charge in [-0.05, 0) is 48.0 Å². The summed E-state index contributed by atoms with van der Waals surface area (Å²) >= 11 is 0. The lowest BCUT2D eigenvalue weighted by molar-refractivity contribution is 0.0785. The molecule has 0 aromatic heterocycles. The number of rotatable bonds is 7. The van der Waals surface area contributed by atoms with Crippen molar-refractivity contribution in [2.75, 3.05) is 18.9 Å². The maximum atomic E-state index is 13.9. The summed E-state index contributed by atoms with van der Waals surface area (Å²) in [5.41, 5.74) is 1.18. The summed E-state index contributed by atoms with van der Waals surface area (Å²) < 4.78 is 46.2. The normalized spacial score (nSPS) is 11.0. The molecule has 0 unspecified atom stereocenters. The van der Waals surface area contributed by atoms with E-state index in [1.165, 1.54) is 42.3 Å². The third-order valence-corrected chi connectivity index (χ3v) is 5.80. The molecule has 30 heavy (non-hydrogen) atoms. The number of anilines is 1. The van der Waals surface area contributed by atoms with Crippen molar-refractivity contribution >= 4 is 21.6 Å². The predicted octanol–water partition coefficient (Wildman–Crippen LogP) is 3.91. The minimum atomic E-state index is -3.76. The van der Waals surface area contributed by atoms with Crippen molar-refractivity contribution in [1.82, 2.24) is 4.90 Å². The van der Waals surface area contributed by atoms with Gasteiger partial charge in [-0.25, -0.2) is 12.8 Å². The van der Waals surface area contributed by atoms with Crippen LogP contribution in [0.25, 0.3) is 0 Å². The average Bonchev–Trinajstić information content (AvgIpc) is 2.74. The molecular formula is C22H21FN2O4S. The van der Waals surface area contributed by atoms with E-state index in [4.69, 9.17) is 4.74 Å². The van der Waals surface area contributed by atoms with Crippen LogP contribution in [0.3, 0.4) is 0 Å². The molecule has 8 heteroatoms. The fourth-order valence-corrected chi connectivity index (χ4v) is 3.97. The van der Waals surface area contributed by atoms with Gasteiger partial charge in [-0.3, -0.25) is 9.52 Å². The minimum absolute atomic E-state index is 0.125. The zero-order valence-corrected chi connectivity index (χ0v) is 17.3. The van der Waals surface area contributed by atoms with Gasteiger partial charge in [0.25, 0.3) is 15.9 Å². The van der Waals surface area contributed by atoms with E-state index in [0.29, 0.717) is 11.1 Å². The summed E-state index contributed by atoms with van der Waals surface area (Å²) in [5, 5.41) is 0. The molecule has 0 fully saturated rings. The van der Waals surface area contributed by atoms with Crippen LogP contribution in [-0.4, -0.2) is 33.4 Å². The van der Waals surface area contributed by atoms with Crippen LogP contribution in [0.5, 0.6) is 5.75 Å². The molecule has 156 valence electrons. The topological polar surface area (TPSA) is 75.7 Å². The Hall–Kier alpha value is -3.39. The van der Waals surface area contributed by atoms with E-state index in [9.17, 15) is 17.6 Å². The van der Waals surface area contributed by atoms with Crippen LogP contribution in [0.15, 0.2) is 77.7 Å². The first-order valence-corrected chi connectivity index (χ1v) is 10.5. The van der Waals surface area contributed by atoms with Gasteiger partial charge in [0, 0.05) is 24.8 Å². The zero-order chi connectivity index (χ0) is 21.7. The van der Waals surface area contributed by atoms with E-state index in [0.717, 1.165) is 0 Å². The third kappa shape index (κ3) is 4.96. The number of hydrogen-bond donors (Lipinski definition) is 1. The van der Waals surface area contributed by atoms with Crippen molar-refractivity contribution in [3.05, 3.63) is 89.7 Å². The Bertz CT molecular complexity index is 1150. The number of amides is 1. The highest BCUT2D eigenvalue weighted by Crippen LogP contribution is 2.20. The van der Waals surface area contributed by atoms with Crippen molar-refractivity contribution < 1.29 is 22.3 Å². The molecule has 0 aliphatic rings. The van der Waals surface area contributed by atoms with Gasteiger partial charge < -0.3 is 9.64 Å². The van der Waals surface area contributed by atoms with E-state index in [1.807, 2.05) is 0 Å². The van der Waals surface area contributed by atoms with Crippen molar-refractivity contribution in [3.63, 3.8) is 0 Å². The van der Waals surface area contributed by atoms with Crippen LogP contribution >= 0.6 is 0 Å². The molecule has 0 aliphatic heterocycles. The second-order valence-corrected chi connectivity index (χ2v) is 8.31. The van der Waals surface area contributed by atoms with Crippen LogP contribution < -0.4 is 9.46 Å². The highest BCUT2D eigenvalue weighted by Gasteiger charge is 2.17. The molecule has 1 N–H and O–H groups in total. The van der Waals surface area contributed by atoms with Crippen LogP contribution in [-0.2, 0) is 16.6 Å². The average molecular weight is 428 g/mol. The molecule has 0 heterocycles. The lowest BCUT2D eigenvalue weighted by atomic mass is 10.1. The Morgan fingerprint density at radius 1 is 1.03 bits per heavy atom. The number of sulfonamides is 1. The highest BCUT2D eigenvalue weighted by molar-refractivity contribution is 7.92. The van der Waals surface area contributed by atoms with Gasteiger partial charge in [-0.15, -0.1) is 0 Å². The van der Waals surface area contributed by atoms with Crippen molar-refractivity contribution in [1.29, 1.82) is 0 Å². The van der Waals surface area contributed by atoms with E-state index in [1.54, 1.807) is 49.5 Å². The molecule has 6 nitrogen and oxygen atoms in total. The number of methoxy groups -OCH3 is 1. The standard InChI is InChI=1S/C22H21FN2O4S/c1-25(15-16-11-12-21(29-2)20(23)13-16)22(26)17-7-6-8-18(14-17)24-30(27,28)19-9-4-3-5-10-19/h3-14,24H,15H2,1-2H3. The number of carbonyl (C=O) groups excluding carboxylic acids is 1. The minimum Gasteiger partial charge on any atom is -0.494 e. The maximum absolute atomic E-state index is 13.9. The SMILES string of the molecule is COc1ccc(CN(C)C(=O)c2cccc(NS(=O)(=O)c3ccccc3)c2)cc1F. The molecule has 0 spiro atoms. The first kappa shape index (κ1) is 21.3. The Kier molecular flexibility index (Phi) is 6.37. The van der Waals surface area contributed by atoms with Gasteiger partial charge in [0.05, 0.1) is 12.0 Å². The fraction of sp³-hybridized carbons (Fsp3) is 0.136. The summed E-state index contributed by atoms with van der Waals surface area (Å²) in [6.45, 7) is 0.180. The molecule has 0 bridgehead atoms. The smallest absolute Gasteiger partial charge is 0.261 e. The van der Waals surface area contributed by atoms with Gasteiger partial charge in [-0.1, -0.05) is 30.3 Å². The van der Waals surface area contributed by atoms with Crippen molar-refractivity contribution in [2.45, 2.75) is 11.4 Å². The quantitative estimate of drug-likeness (QED) is 0.619. The number of benzene rings is 3. The molecule has 3 aromatic carbocycles. The van der Waals surface area contributed by atoms with Gasteiger partial charge >= 0.3 is 0 Å². The number of ether oxygens (including phenoxy) is 1. The maximum Gasteiger partial charge on any atom is 0.261 e. The Morgan fingerprint density at radius 3 is 2.43 bits per heavy atom. The second kappa shape index (κ2) is 8.96. The fourth-order valence-electron chi connectivity index (χ4n) is 2.90. The molecule has 1 amide bonds. The van der Waals surface area contributed by atoms with Gasteiger partial charge in [0.15, 0.2) is 11.6 Å².